The molecular formula is C25H30N4O3S2. The molecule has 1 aromatic carbocycles. The van der Waals surface area contributed by atoms with E-state index in [1.807, 2.05) is 29.2 Å². The summed E-state index contributed by atoms with van der Waals surface area (Å²) in [4.78, 5) is 36.6. The van der Waals surface area contributed by atoms with Gasteiger partial charge in [0.2, 0.25) is 5.91 Å². The Labute approximate surface area is 207 Å². The molecule has 5 rings (SSSR count). The number of likely N-dealkylation sites (tertiary alicyclic amines) is 1. The molecule has 9 heteroatoms. The van der Waals surface area contributed by atoms with Gasteiger partial charge in [0.15, 0.2) is 5.16 Å². The number of hydrogen-bond acceptors (Lipinski definition) is 7. The summed E-state index contributed by atoms with van der Waals surface area (Å²) < 4.78 is 7.91. The summed E-state index contributed by atoms with van der Waals surface area (Å²) in [5.74, 6) is 0.444. The number of hydrogen-bond donors (Lipinski definition) is 0. The topological polar surface area (TPSA) is 67.7 Å². The highest BCUT2D eigenvalue weighted by Crippen LogP contribution is 2.32. The van der Waals surface area contributed by atoms with Gasteiger partial charge in [-0.3, -0.25) is 19.1 Å². The van der Waals surface area contributed by atoms with Crippen molar-refractivity contribution < 1.29 is 9.53 Å². The Hall–Kier alpha value is -2.20. The van der Waals surface area contributed by atoms with Gasteiger partial charge in [0.1, 0.15) is 4.70 Å². The summed E-state index contributed by atoms with van der Waals surface area (Å²) in [6.07, 6.45) is 3.34. The van der Waals surface area contributed by atoms with Crippen LogP contribution >= 0.6 is 23.1 Å². The monoisotopic (exact) mass is 498 g/mol. The zero-order chi connectivity index (χ0) is 23.3. The molecule has 2 aliphatic rings. The molecule has 2 aromatic heterocycles. The van der Waals surface area contributed by atoms with Crippen molar-refractivity contribution in [1.82, 2.24) is 19.4 Å². The van der Waals surface area contributed by atoms with Gasteiger partial charge in [-0.25, -0.2) is 4.98 Å². The fraction of sp³-hybridized carbons (Fsp3) is 0.480. The van der Waals surface area contributed by atoms with Crippen LogP contribution in [0.25, 0.3) is 20.7 Å². The van der Waals surface area contributed by atoms with E-state index in [0.29, 0.717) is 27.7 Å². The van der Waals surface area contributed by atoms with E-state index in [4.69, 9.17) is 9.72 Å². The highest BCUT2D eigenvalue weighted by atomic mass is 32.2. The Morgan fingerprint density at radius 2 is 1.79 bits per heavy atom. The van der Waals surface area contributed by atoms with Crippen LogP contribution in [0.15, 0.2) is 46.3 Å². The fourth-order valence-electron chi connectivity index (χ4n) is 4.47. The quantitative estimate of drug-likeness (QED) is 0.367. The Balaban J connectivity index is 1.43. The zero-order valence-corrected chi connectivity index (χ0v) is 20.9. The Morgan fingerprint density at radius 1 is 1.03 bits per heavy atom. The lowest BCUT2D eigenvalue weighted by Gasteiger charge is -2.27. The Kier molecular flexibility index (Phi) is 7.63. The number of carbonyl (C=O) groups is 1. The predicted molar refractivity (Wildman–Crippen MR) is 138 cm³/mol. The minimum absolute atomic E-state index is 0.0154. The zero-order valence-electron chi connectivity index (χ0n) is 19.3. The summed E-state index contributed by atoms with van der Waals surface area (Å²) in [5, 5.41) is 0.633. The Bertz CT molecular complexity index is 1180. The van der Waals surface area contributed by atoms with Gasteiger partial charge in [-0.1, -0.05) is 42.1 Å². The fourth-order valence-corrected chi connectivity index (χ4v) is 6.45. The normalized spacial score (nSPS) is 17.4. The lowest BCUT2D eigenvalue weighted by molar-refractivity contribution is -0.129. The first-order valence-electron chi connectivity index (χ1n) is 12.0. The van der Waals surface area contributed by atoms with Crippen molar-refractivity contribution in [3.63, 3.8) is 0 Å². The van der Waals surface area contributed by atoms with Crippen molar-refractivity contribution in [2.75, 3.05) is 51.7 Å². The van der Waals surface area contributed by atoms with Crippen LogP contribution in [-0.2, 0) is 16.1 Å². The number of rotatable bonds is 7. The Morgan fingerprint density at radius 3 is 2.56 bits per heavy atom. The third-order valence-corrected chi connectivity index (χ3v) is 8.56. The molecule has 0 bridgehead atoms. The largest absolute Gasteiger partial charge is 0.379 e. The number of fused-ring (bicyclic) bond motifs is 1. The van der Waals surface area contributed by atoms with E-state index < -0.39 is 0 Å². The van der Waals surface area contributed by atoms with Gasteiger partial charge in [-0.05, 0) is 30.9 Å². The number of thiophene rings is 1. The number of morpholine rings is 1. The average Bonchev–Trinajstić information content (AvgIpc) is 3.33. The highest BCUT2D eigenvalue weighted by molar-refractivity contribution is 7.99. The first kappa shape index (κ1) is 23.5. The van der Waals surface area contributed by atoms with E-state index in [2.05, 4.69) is 17.0 Å². The van der Waals surface area contributed by atoms with Crippen LogP contribution in [0.1, 0.15) is 19.3 Å². The van der Waals surface area contributed by atoms with E-state index in [1.165, 1.54) is 29.5 Å². The first-order chi connectivity index (χ1) is 16.7. The van der Waals surface area contributed by atoms with E-state index in [1.54, 1.807) is 4.57 Å². The lowest BCUT2D eigenvalue weighted by Crippen LogP contribution is -2.39. The third-order valence-electron chi connectivity index (χ3n) is 6.43. The molecule has 0 atom stereocenters. The number of piperidine rings is 1. The number of thioether (sulfide) groups is 1. The molecule has 34 heavy (non-hydrogen) atoms. The number of nitrogens with zero attached hydrogens (tertiary/aromatic N) is 4. The van der Waals surface area contributed by atoms with Crippen LogP contribution in [0, 0.1) is 0 Å². The van der Waals surface area contributed by atoms with Gasteiger partial charge in [0, 0.05) is 44.1 Å². The number of benzene rings is 1. The van der Waals surface area contributed by atoms with Crippen LogP contribution in [0.5, 0.6) is 0 Å². The van der Waals surface area contributed by atoms with E-state index in [-0.39, 0.29) is 11.5 Å². The molecule has 0 aliphatic carbocycles. The number of aromatic nitrogens is 2. The molecule has 7 nitrogen and oxygen atoms in total. The summed E-state index contributed by atoms with van der Waals surface area (Å²) in [6.45, 7) is 6.19. The van der Waals surface area contributed by atoms with Gasteiger partial charge in [-0.2, -0.15) is 0 Å². The molecule has 0 saturated carbocycles. The van der Waals surface area contributed by atoms with Crippen molar-refractivity contribution in [3.8, 4) is 10.4 Å². The summed E-state index contributed by atoms with van der Waals surface area (Å²) in [6, 6.07) is 12.1. The molecule has 0 spiro atoms. The number of amides is 1. The molecule has 180 valence electrons. The highest BCUT2D eigenvalue weighted by Gasteiger charge is 2.21. The first-order valence-corrected chi connectivity index (χ1v) is 13.8. The second-order valence-electron chi connectivity index (χ2n) is 8.73. The van der Waals surface area contributed by atoms with E-state index in [0.717, 1.165) is 69.2 Å². The van der Waals surface area contributed by atoms with Crippen molar-refractivity contribution in [2.24, 2.45) is 0 Å². The summed E-state index contributed by atoms with van der Waals surface area (Å²) in [7, 11) is 0. The van der Waals surface area contributed by atoms with Gasteiger partial charge < -0.3 is 9.64 Å². The molecule has 0 unspecified atom stereocenters. The second-order valence-corrected chi connectivity index (χ2v) is 10.7. The summed E-state index contributed by atoms with van der Waals surface area (Å²) in [5.41, 5.74) is 1.78. The second kappa shape index (κ2) is 11.0. The smallest absolute Gasteiger partial charge is 0.272 e. The molecule has 2 aliphatic heterocycles. The minimum Gasteiger partial charge on any atom is -0.379 e. The molecular weight excluding hydrogens is 468 g/mol. The average molecular weight is 499 g/mol. The minimum atomic E-state index is -0.0154. The molecule has 1 amide bonds. The van der Waals surface area contributed by atoms with Gasteiger partial charge >= 0.3 is 0 Å². The van der Waals surface area contributed by atoms with E-state index >= 15 is 0 Å². The third kappa shape index (κ3) is 5.38. The van der Waals surface area contributed by atoms with Crippen LogP contribution in [0.3, 0.4) is 0 Å². The maximum absolute atomic E-state index is 13.6. The van der Waals surface area contributed by atoms with Crippen molar-refractivity contribution >= 4 is 39.2 Å². The van der Waals surface area contributed by atoms with Crippen LogP contribution in [0.4, 0.5) is 0 Å². The lowest BCUT2D eigenvalue weighted by atomic mass is 10.1. The van der Waals surface area contributed by atoms with Crippen LogP contribution in [0.2, 0.25) is 0 Å². The van der Waals surface area contributed by atoms with Gasteiger partial charge in [0.25, 0.3) is 5.56 Å². The molecule has 3 aromatic rings. The van der Waals surface area contributed by atoms with Gasteiger partial charge in [-0.15, -0.1) is 11.3 Å². The predicted octanol–water partition coefficient (Wildman–Crippen LogP) is 3.56. The molecule has 0 radical (unpaired) electrons. The van der Waals surface area contributed by atoms with Crippen molar-refractivity contribution in [1.29, 1.82) is 0 Å². The molecule has 0 N–H and O–H groups in total. The van der Waals surface area contributed by atoms with Crippen LogP contribution in [-0.4, -0.2) is 76.9 Å². The maximum Gasteiger partial charge on any atom is 0.272 e. The molecule has 2 saturated heterocycles. The van der Waals surface area contributed by atoms with Crippen molar-refractivity contribution in [2.45, 2.75) is 31.0 Å². The van der Waals surface area contributed by atoms with Crippen LogP contribution < -0.4 is 5.56 Å². The molecule has 4 heterocycles. The van der Waals surface area contributed by atoms with Gasteiger partial charge in [0.05, 0.1) is 24.5 Å². The molecule has 2 fully saturated rings. The number of carbonyl (C=O) groups excluding carboxylic acids is 1. The summed E-state index contributed by atoms with van der Waals surface area (Å²) >= 11 is 2.89. The maximum atomic E-state index is 13.6. The standard InChI is InChI=1S/C25H30N4O3S2/c30-22(28-9-5-2-6-10-28)18-33-25-26-20-17-21(19-7-3-1-4-8-19)34-23(20)24(31)29(25)12-11-27-13-15-32-16-14-27/h1,3-4,7-8,17H,2,5-6,9-16,18H2. The number of ether oxygens (including phenoxy) is 1. The van der Waals surface area contributed by atoms with E-state index in [9.17, 15) is 9.59 Å². The van der Waals surface area contributed by atoms with Crippen molar-refractivity contribution in [3.05, 3.63) is 46.8 Å². The SMILES string of the molecule is O=C(CSc1nc2cc(-c3ccccc3)sc2c(=O)n1CCN1CCOCC1)N1CCCCC1.